The molecule has 1 aromatic heterocycles. The predicted octanol–water partition coefficient (Wildman–Crippen LogP) is 2.25. The third-order valence-corrected chi connectivity index (χ3v) is 3.08. The molecule has 2 rings (SSSR count). The summed E-state index contributed by atoms with van der Waals surface area (Å²) in [6, 6.07) is 3.94. The van der Waals surface area contributed by atoms with Gasteiger partial charge in [0.2, 0.25) is 0 Å². The van der Waals surface area contributed by atoms with Crippen LogP contribution in [0.5, 0.6) is 0 Å². The molecule has 6 heteroatoms. The van der Waals surface area contributed by atoms with Crippen LogP contribution in [0, 0.1) is 5.82 Å². The van der Waals surface area contributed by atoms with Gasteiger partial charge in [-0.1, -0.05) is 17.7 Å². The minimum atomic E-state index is -0.372. The first kappa shape index (κ1) is 13.0. The summed E-state index contributed by atoms with van der Waals surface area (Å²) in [5, 5.41) is 4.52. The van der Waals surface area contributed by atoms with Crippen molar-refractivity contribution in [2.45, 2.75) is 19.5 Å². The van der Waals surface area contributed by atoms with E-state index in [9.17, 15) is 4.39 Å². The van der Waals surface area contributed by atoms with Gasteiger partial charge in [-0.15, -0.1) is 0 Å². The molecule has 4 nitrogen and oxygen atoms in total. The Balaban J connectivity index is 2.38. The van der Waals surface area contributed by atoms with Crippen LogP contribution in [0.25, 0.3) is 0 Å². The normalized spacial score (nSPS) is 12.7. The van der Waals surface area contributed by atoms with Gasteiger partial charge in [0.15, 0.2) is 0 Å². The largest absolute Gasteiger partial charge is 0.273 e. The first-order chi connectivity index (χ1) is 8.65. The van der Waals surface area contributed by atoms with Gasteiger partial charge >= 0.3 is 0 Å². The quantitative estimate of drug-likeness (QED) is 0.661. The van der Waals surface area contributed by atoms with Crippen molar-refractivity contribution in [3.05, 3.63) is 52.6 Å². The van der Waals surface area contributed by atoms with E-state index in [1.165, 1.54) is 12.1 Å². The molecule has 1 heterocycles. The van der Waals surface area contributed by atoms with Crippen LogP contribution in [0.15, 0.2) is 30.6 Å². The molecule has 0 spiro atoms. The van der Waals surface area contributed by atoms with E-state index in [1.807, 2.05) is 13.1 Å². The fourth-order valence-electron chi connectivity index (χ4n) is 1.80. The molecule has 2 aromatic rings. The molecule has 0 aliphatic rings. The van der Waals surface area contributed by atoms with Gasteiger partial charge in [0, 0.05) is 23.3 Å². The summed E-state index contributed by atoms with van der Waals surface area (Å²) >= 11 is 6.03. The van der Waals surface area contributed by atoms with E-state index in [1.54, 1.807) is 16.9 Å². The molecule has 96 valence electrons. The van der Waals surface area contributed by atoms with E-state index in [0.29, 0.717) is 5.02 Å². The van der Waals surface area contributed by atoms with Gasteiger partial charge < -0.3 is 0 Å². The van der Waals surface area contributed by atoms with Crippen molar-refractivity contribution in [1.29, 1.82) is 0 Å². The van der Waals surface area contributed by atoms with Gasteiger partial charge in [-0.05, 0) is 24.6 Å². The number of nitrogens with zero attached hydrogens (tertiary/aromatic N) is 2. The van der Waals surface area contributed by atoms with E-state index >= 15 is 0 Å². The first-order valence-corrected chi connectivity index (χ1v) is 5.97. The highest BCUT2D eigenvalue weighted by Gasteiger charge is 2.17. The Morgan fingerprint density at radius 2 is 2.33 bits per heavy atom. The molecule has 0 amide bonds. The summed E-state index contributed by atoms with van der Waals surface area (Å²) in [4.78, 5) is 0. The molecule has 18 heavy (non-hydrogen) atoms. The average Bonchev–Trinajstić information content (AvgIpc) is 2.81. The zero-order valence-electron chi connectivity index (χ0n) is 9.90. The topological polar surface area (TPSA) is 55.9 Å². The molecule has 0 bridgehead atoms. The Kier molecular flexibility index (Phi) is 3.96. The van der Waals surface area contributed by atoms with Crippen molar-refractivity contribution in [3.63, 3.8) is 0 Å². The summed E-state index contributed by atoms with van der Waals surface area (Å²) in [5.74, 6) is 5.18. The molecule has 0 saturated carbocycles. The summed E-state index contributed by atoms with van der Waals surface area (Å²) in [7, 11) is 0. The fraction of sp³-hybridized carbons (Fsp3) is 0.250. The highest BCUT2D eigenvalue weighted by atomic mass is 35.5. The summed E-state index contributed by atoms with van der Waals surface area (Å²) in [6.07, 6.45) is 3.60. The van der Waals surface area contributed by atoms with Crippen LogP contribution in [-0.2, 0) is 6.54 Å². The lowest BCUT2D eigenvalue weighted by molar-refractivity contribution is 0.614. The van der Waals surface area contributed by atoms with E-state index in [4.69, 9.17) is 17.4 Å². The highest BCUT2D eigenvalue weighted by Crippen LogP contribution is 2.28. The van der Waals surface area contributed by atoms with Gasteiger partial charge in [0.05, 0.1) is 12.2 Å². The van der Waals surface area contributed by atoms with Gasteiger partial charge in [-0.25, -0.2) is 9.82 Å². The number of hydrogen-bond acceptors (Lipinski definition) is 3. The standard InChI is InChI=1S/C12H14ClFN4/c1-2-18-7-8(6-16-18)12(17-15)10-4-3-9(14)5-11(10)13/h3-7,12,17H,2,15H2,1H3. The maximum absolute atomic E-state index is 13.0. The lowest BCUT2D eigenvalue weighted by Crippen LogP contribution is -2.28. The van der Waals surface area contributed by atoms with Crippen molar-refractivity contribution in [2.24, 2.45) is 5.84 Å². The number of hydrazine groups is 1. The number of benzene rings is 1. The van der Waals surface area contributed by atoms with Gasteiger partial charge in [-0.3, -0.25) is 10.5 Å². The second-order valence-corrected chi connectivity index (χ2v) is 4.30. The zero-order chi connectivity index (χ0) is 13.1. The van der Waals surface area contributed by atoms with Gasteiger partial charge in [-0.2, -0.15) is 5.10 Å². The van der Waals surface area contributed by atoms with Gasteiger partial charge in [0.25, 0.3) is 0 Å². The molecule has 0 aliphatic heterocycles. The van der Waals surface area contributed by atoms with E-state index < -0.39 is 0 Å². The van der Waals surface area contributed by atoms with Crippen LogP contribution in [0.1, 0.15) is 24.1 Å². The van der Waals surface area contributed by atoms with Crippen LogP contribution < -0.4 is 11.3 Å². The first-order valence-electron chi connectivity index (χ1n) is 5.59. The minimum Gasteiger partial charge on any atom is -0.273 e. The maximum Gasteiger partial charge on any atom is 0.124 e. The number of nitrogens with one attached hydrogen (secondary N) is 1. The summed E-state index contributed by atoms with van der Waals surface area (Å²) < 4.78 is 14.8. The number of aromatic nitrogens is 2. The van der Waals surface area contributed by atoms with Crippen LogP contribution in [0.3, 0.4) is 0 Å². The Bertz CT molecular complexity index is 541. The molecular formula is C12H14ClFN4. The maximum atomic E-state index is 13.0. The molecule has 0 aliphatic carbocycles. The number of aryl methyl sites for hydroxylation is 1. The van der Waals surface area contributed by atoms with Crippen LogP contribution >= 0.6 is 11.6 Å². The second kappa shape index (κ2) is 5.48. The Labute approximate surface area is 110 Å². The smallest absolute Gasteiger partial charge is 0.124 e. The molecule has 0 fully saturated rings. The summed E-state index contributed by atoms with van der Waals surface area (Å²) in [5.41, 5.74) is 4.27. The number of halogens is 2. The second-order valence-electron chi connectivity index (χ2n) is 3.89. The highest BCUT2D eigenvalue weighted by molar-refractivity contribution is 6.31. The third-order valence-electron chi connectivity index (χ3n) is 2.75. The average molecular weight is 269 g/mol. The SMILES string of the molecule is CCn1cc(C(NN)c2ccc(F)cc2Cl)cn1. The predicted molar refractivity (Wildman–Crippen MR) is 68.5 cm³/mol. The van der Waals surface area contributed by atoms with Gasteiger partial charge in [0.1, 0.15) is 5.82 Å². The molecule has 1 aromatic carbocycles. The van der Waals surface area contributed by atoms with E-state index in [2.05, 4.69) is 10.5 Å². The Hall–Kier alpha value is -1.43. The monoisotopic (exact) mass is 268 g/mol. The van der Waals surface area contributed by atoms with Crippen molar-refractivity contribution in [2.75, 3.05) is 0 Å². The third kappa shape index (κ3) is 2.53. The minimum absolute atomic E-state index is 0.307. The lowest BCUT2D eigenvalue weighted by Gasteiger charge is -2.16. The zero-order valence-corrected chi connectivity index (χ0v) is 10.7. The Morgan fingerprint density at radius 3 is 2.89 bits per heavy atom. The molecular weight excluding hydrogens is 255 g/mol. The molecule has 0 radical (unpaired) electrons. The van der Waals surface area contributed by atoms with E-state index in [-0.39, 0.29) is 11.9 Å². The lowest BCUT2D eigenvalue weighted by atomic mass is 10.0. The van der Waals surface area contributed by atoms with Crippen LogP contribution in [-0.4, -0.2) is 9.78 Å². The molecule has 3 N–H and O–H groups in total. The van der Waals surface area contributed by atoms with Crippen LogP contribution in [0.4, 0.5) is 4.39 Å². The van der Waals surface area contributed by atoms with Crippen molar-refractivity contribution >= 4 is 11.6 Å². The number of nitrogens with two attached hydrogens (primary N) is 1. The van der Waals surface area contributed by atoms with E-state index in [0.717, 1.165) is 17.7 Å². The van der Waals surface area contributed by atoms with Crippen LogP contribution in [0.2, 0.25) is 5.02 Å². The molecule has 1 unspecified atom stereocenters. The number of rotatable bonds is 4. The van der Waals surface area contributed by atoms with Crippen molar-refractivity contribution in [3.8, 4) is 0 Å². The van der Waals surface area contributed by atoms with Crippen molar-refractivity contribution < 1.29 is 4.39 Å². The number of hydrogen-bond donors (Lipinski definition) is 2. The summed E-state index contributed by atoms with van der Waals surface area (Å²) in [6.45, 7) is 2.76. The fourth-order valence-corrected chi connectivity index (χ4v) is 2.08. The molecule has 1 atom stereocenters. The molecule has 0 saturated heterocycles. The Morgan fingerprint density at radius 1 is 1.56 bits per heavy atom. The van der Waals surface area contributed by atoms with Crippen molar-refractivity contribution in [1.82, 2.24) is 15.2 Å².